The highest BCUT2D eigenvalue weighted by atomic mass is 35.5. The van der Waals surface area contributed by atoms with Crippen molar-refractivity contribution in [3.05, 3.63) is 28.5 Å². The third kappa shape index (κ3) is 1.81. The maximum absolute atomic E-state index is 13.1. The zero-order chi connectivity index (χ0) is 10.0. The van der Waals surface area contributed by atoms with E-state index in [9.17, 15) is 4.39 Å². The molecule has 13 heavy (non-hydrogen) atoms. The lowest BCUT2D eigenvalue weighted by Crippen LogP contribution is -2.33. The standard InChI is InChI=1S/C7H4BClFNO2/c9-6-4(3-11)1-2-5(7(6)10)8(12)13/h1-2,12-13H. The van der Waals surface area contributed by atoms with Gasteiger partial charge >= 0.3 is 7.12 Å². The van der Waals surface area contributed by atoms with Crippen LogP contribution in [0.3, 0.4) is 0 Å². The van der Waals surface area contributed by atoms with E-state index in [1.54, 1.807) is 6.07 Å². The minimum absolute atomic E-state index is 0.0384. The van der Waals surface area contributed by atoms with Crippen LogP contribution in [0.15, 0.2) is 12.1 Å². The van der Waals surface area contributed by atoms with Gasteiger partial charge in [0.1, 0.15) is 11.9 Å². The van der Waals surface area contributed by atoms with Gasteiger partial charge in [-0.1, -0.05) is 17.7 Å². The molecule has 66 valence electrons. The van der Waals surface area contributed by atoms with Gasteiger partial charge in [-0.3, -0.25) is 0 Å². The molecule has 6 heteroatoms. The molecule has 0 radical (unpaired) electrons. The molecule has 0 aliphatic heterocycles. The third-order valence-electron chi connectivity index (χ3n) is 1.51. The van der Waals surface area contributed by atoms with Crippen molar-refractivity contribution in [1.29, 1.82) is 5.26 Å². The van der Waals surface area contributed by atoms with E-state index in [0.717, 1.165) is 6.07 Å². The quantitative estimate of drug-likeness (QED) is 0.627. The molecule has 0 bridgehead atoms. The minimum Gasteiger partial charge on any atom is -0.423 e. The van der Waals surface area contributed by atoms with Gasteiger partial charge in [0.05, 0.1) is 10.6 Å². The fourth-order valence-corrected chi connectivity index (χ4v) is 1.06. The van der Waals surface area contributed by atoms with Crippen LogP contribution in [0.4, 0.5) is 4.39 Å². The highest BCUT2D eigenvalue weighted by molar-refractivity contribution is 6.59. The summed E-state index contributed by atoms with van der Waals surface area (Å²) in [5.74, 6) is -0.976. The van der Waals surface area contributed by atoms with Gasteiger partial charge in [-0.25, -0.2) is 4.39 Å². The lowest BCUT2D eigenvalue weighted by Gasteiger charge is -2.03. The van der Waals surface area contributed by atoms with Crippen molar-refractivity contribution >= 4 is 24.2 Å². The van der Waals surface area contributed by atoms with Crippen LogP contribution in [0.25, 0.3) is 0 Å². The number of nitriles is 1. The summed E-state index contributed by atoms with van der Waals surface area (Å²) in [4.78, 5) is 0. The highest BCUT2D eigenvalue weighted by Gasteiger charge is 2.20. The molecule has 1 rings (SSSR count). The van der Waals surface area contributed by atoms with Crippen molar-refractivity contribution in [2.75, 3.05) is 0 Å². The first-order valence-corrected chi connectivity index (χ1v) is 3.70. The van der Waals surface area contributed by atoms with Gasteiger partial charge in [0, 0.05) is 5.46 Å². The lowest BCUT2D eigenvalue weighted by molar-refractivity contribution is 0.423. The topological polar surface area (TPSA) is 64.2 Å². The Morgan fingerprint density at radius 3 is 2.54 bits per heavy atom. The van der Waals surface area contributed by atoms with Crippen molar-refractivity contribution in [2.45, 2.75) is 0 Å². The molecule has 0 heterocycles. The van der Waals surface area contributed by atoms with Crippen LogP contribution in [0, 0.1) is 17.1 Å². The van der Waals surface area contributed by atoms with Gasteiger partial charge in [-0.2, -0.15) is 5.26 Å². The Morgan fingerprint density at radius 1 is 1.46 bits per heavy atom. The highest BCUT2D eigenvalue weighted by Crippen LogP contribution is 2.17. The first-order valence-electron chi connectivity index (χ1n) is 3.32. The fraction of sp³-hybridized carbons (Fsp3) is 0. The number of rotatable bonds is 1. The van der Waals surface area contributed by atoms with E-state index in [0.29, 0.717) is 0 Å². The normalized spacial score (nSPS) is 9.46. The fourth-order valence-electron chi connectivity index (χ4n) is 0.850. The first kappa shape index (κ1) is 10.00. The van der Waals surface area contributed by atoms with Gasteiger partial charge in [0.2, 0.25) is 0 Å². The first-order chi connectivity index (χ1) is 6.07. The summed E-state index contributed by atoms with van der Waals surface area (Å²) in [5.41, 5.74) is -0.382. The number of nitrogens with zero attached hydrogens (tertiary/aromatic N) is 1. The molecule has 1 aromatic rings. The molecule has 0 saturated heterocycles. The van der Waals surface area contributed by atoms with Gasteiger partial charge in [-0.05, 0) is 6.07 Å². The molecular weight excluding hydrogens is 195 g/mol. The number of benzene rings is 1. The molecule has 3 nitrogen and oxygen atoms in total. The van der Waals surface area contributed by atoms with Crippen LogP contribution >= 0.6 is 11.6 Å². The molecule has 0 amide bonds. The Labute approximate surface area is 79.1 Å². The van der Waals surface area contributed by atoms with Crippen LogP contribution in [-0.4, -0.2) is 17.2 Å². The van der Waals surface area contributed by atoms with E-state index in [2.05, 4.69) is 0 Å². The minimum atomic E-state index is -1.93. The maximum Gasteiger partial charge on any atom is 0.491 e. The summed E-state index contributed by atoms with van der Waals surface area (Å²) in [6.45, 7) is 0. The molecule has 0 atom stereocenters. The Kier molecular flexibility index (Phi) is 2.88. The molecule has 0 saturated carbocycles. The van der Waals surface area contributed by atoms with Crippen molar-refractivity contribution in [3.63, 3.8) is 0 Å². The second-order valence-corrected chi connectivity index (χ2v) is 2.69. The molecule has 0 fully saturated rings. The largest absolute Gasteiger partial charge is 0.491 e. The predicted molar refractivity (Wildman–Crippen MR) is 46.0 cm³/mol. The predicted octanol–water partition coefficient (Wildman–Crippen LogP) is 0.0306. The lowest BCUT2D eigenvalue weighted by atomic mass is 9.79. The van der Waals surface area contributed by atoms with E-state index < -0.39 is 18.0 Å². The molecule has 0 unspecified atom stereocenters. The molecular formula is C7H4BClFNO2. The van der Waals surface area contributed by atoms with Crippen LogP contribution in [0.1, 0.15) is 5.56 Å². The second kappa shape index (κ2) is 3.75. The molecule has 0 spiro atoms. The van der Waals surface area contributed by atoms with Crippen molar-refractivity contribution in [3.8, 4) is 6.07 Å². The zero-order valence-electron chi connectivity index (χ0n) is 6.33. The average molecular weight is 199 g/mol. The second-order valence-electron chi connectivity index (χ2n) is 2.32. The zero-order valence-corrected chi connectivity index (χ0v) is 7.09. The number of halogens is 2. The Morgan fingerprint density at radius 2 is 2.08 bits per heavy atom. The van der Waals surface area contributed by atoms with Crippen LogP contribution in [0.5, 0.6) is 0 Å². The summed E-state index contributed by atoms with van der Waals surface area (Å²) in [7, 11) is -1.93. The summed E-state index contributed by atoms with van der Waals surface area (Å²) >= 11 is 5.42. The van der Waals surface area contributed by atoms with E-state index in [-0.39, 0.29) is 11.0 Å². The van der Waals surface area contributed by atoms with Crippen LogP contribution in [0.2, 0.25) is 5.02 Å². The van der Waals surface area contributed by atoms with E-state index >= 15 is 0 Å². The van der Waals surface area contributed by atoms with Gasteiger partial charge < -0.3 is 10.0 Å². The van der Waals surface area contributed by atoms with Crippen LogP contribution in [-0.2, 0) is 0 Å². The Bertz CT molecular complexity index is 377. The van der Waals surface area contributed by atoms with E-state index in [1.165, 1.54) is 6.07 Å². The van der Waals surface area contributed by atoms with Gasteiger partial charge in [-0.15, -0.1) is 0 Å². The molecule has 1 aromatic carbocycles. The third-order valence-corrected chi connectivity index (χ3v) is 1.88. The molecule has 0 aromatic heterocycles. The molecule has 0 aliphatic rings. The van der Waals surface area contributed by atoms with Crippen molar-refractivity contribution < 1.29 is 14.4 Å². The Balaban J connectivity index is 3.33. The summed E-state index contributed by atoms with van der Waals surface area (Å²) in [5, 5.41) is 25.4. The van der Waals surface area contributed by atoms with E-state index in [4.69, 9.17) is 26.9 Å². The van der Waals surface area contributed by atoms with Crippen LogP contribution < -0.4 is 5.46 Å². The monoisotopic (exact) mass is 199 g/mol. The van der Waals surface area contributed by atoms with Gasteiger partial charge in [0.25, 0.3) is 0 Å². The van der Waals surface area contributed by atoms with Crippen molar-refractivity contribution in [1.82, 2.24) is 0 Å². The summed E-state index contributed by atoms with van der Waals surface area (Å²) in [6, 6.07) is 3.99. The maximum atomic E-state index is 13.1. The smallest absolute Gasteiger partial charge is 0.423 e. The van der Waals surface area contributed by atoms with Gasteiger partial charge in [0.15, 0.2) is 0 Å². The summed E-state index contributed by atoms with van der Waals surface area (Å²) in [6.07, 6.45) is 0. The SMILES string of the molecule is N#Cc1ccc(B(O)O)c(F)c1Cl. The average Bonchev–Trinajstić information content (AvgIpc) is 2.09. The number of hydrogen-bond donors (Lipinski definition) is 2. The van der Waals surface area contributed by atoms with Crippen molar-refractivity contribution in [2.24, 2.45) is 0 Å². The molecule has 2 N–H and O–H groups in total. The molecule has 0 aliphatic carbocycles. The summed E-state index contributed by atoms with van der Waals surface area (Å²) < 4.78 is 13.1. The number of hydrogen-bond acceptors (Lipinski definition) is 3. The Hall–Kier alpha value is -1.09. The van der Waals surface area contributed by atoms with E-state index in [1.807, 2.05) is 0 Å².